The van der Waals surface area contributed by atoms with E-state index in [1.165, 1.54) is 5.56 Å². The molecule has 0 spiro atoms. The van der Waals surface area contributed by atoms with Crippen LogP contribution in [0.2, 0.25) is 0 Å². The number of aliphatic hydroxyl groups excluding tert-OH is 2. The third-order valence-electron chi connectivity index (χ3n) is 5.31. The average molecular weight is 451 g/mol. The maximum atomic E-state index is 12.9. The van der Waals surface area contributed by atoms with E-state index in [0.717, 1.165) is 53.5 Å². The Bertz CT molecular complexity index is 1160. The number of aliphatic hydroxyl groups is 3. The molecule has 0 fully saturated rings. The summed E-state index contributed by atoms with van der Waals surface area (Å²) in [7, 11) is -3.63. The number of benzene rings is 1. The van der Waals surface area contributed by atoms with Gasteiger partial charge in [-0.15, -0.1) is 15.7 Å². The van der Waals surface area contributed by atoms with Gasteiger partial charge in [-0.2, -0.15) is 0 Å². The van der Waals surface area contributed by atoms with Gasteiger partial charge in [-0.3, -0.25) is 0 Å². The van der Waals surface area contributed by atoms with Crippen molar-refractivity contribution < 1.29 is 24.3 Å². The Hall–Kier alpha value is -2.15. The number of urea groups is 1. The Morgan fingerprint density at radius 3 is 2.83 bits per heavy atom. The zero-order chi connectivity index (χ0) is 21.5. The van der Waals surface area contributed by atoms with Crippen LogP contribution in [-0.2, 0) is 34.8 Å². The van der Waals surface area contributed by atoms with Crippen LogP contribution in [0, 0.1) is 0 Å². The molecule has 1 atom stereocenters. The highest BCUT2D eigenvalue weighted by Crippen LogP contribution is 2.38. The van der Waals surface area contributed by atoms with Crippen LogP contribution in [0.4, 0.5) is 10.5 Å². The smallest absolute Gasteiger partial charge is 0.354 e. The van der Waals surface area contributed by atoms with Gasteiger partial charge in [0.1, 0.15) is 9.22 Å². The van der Waals surface area contributed by atoms with E-state index >= 15 is 0 Å². The van der Waals surface area contributed by atoms with Crippen molar-refractivity contribution in [3.8, 4) is 0 Å². The Morgan fingerprint density at radius 1 is 1.33 bits per heavy atom. The summed E-state index contributed by atoms with van der Waals surface area (Å²) in [6, 6.07) is 1.33. The van der Waals surface area contributed by atoms with Crippen LogP contribution in [0.5, 0.6) is 0 Å². The van der Waals surface area contributed by atoms with Gasteiger partial charge in [0.05, 0.1) is 25.1 Å². The molecule has 2 aromatic rings. The molecule has 1 heterocycles. The summed E-state index contributed by atoms with van der Waals surface area (Å²) in [4.78, 5) is 16.5. The fourth-order valence-corrected chi connectivity index (χ4v) is 5.86. The topological polar surface area (TPSA) is 158 Å². The third kappa shape index (κ3) is 3.68. The molecule has 4 rings (SSSR count). The van der Waals surface area contributed by atoms with E-state index in [1.54, 1.807) is 0 Å². The number of hydrogen-bond donors (Lipinski definition) is 5. The summed E-state index contributed by atoms with van der Waals surface area (Å²) in [5.41, 5.74) is 3.09. The lowest BCUT2D eigenvalue weighted by atomic mass is 9.98. The number of anilines is 1. The highest BCUT2D eigenvalue weighted by molar-refractivity contribution is 7.93. The number of nitrogens with one attached hydrogen (secondary N) is 1. The molecule has 2 aliphatic carbocycles. The van der Waals surface area contributed by atoms with Gasteiger partial charge >= 0.3 is 6.03 Å². The minimum Gasteiger partial charge on any atom is -0.393 e. The zero-order valence-corrected chi connectivity index (χ0v) is 17.6. The van der Waals surface area contributed by atoms with Crippen molar-refractivity contribution in [1.29, 1.82) is 0 Å². The van der Waals surface area contributed by atoms with Crippen molar-refractivity contribution in [2.75, 3.05) is 18.5 Å². The number of thiazole rings is 1. The van der Waals surface area contributed by atoms with Gasteiger partial charge in [0.15, 0.2) is 15.5 Å². The van der Waals surface area contributed by atoms with E-state index in [4.69, 9.17) is 5.14 Å². The first-order valence-electron chi connectivity index (χ1n) is 9.38. The number of carbonyl (C=O) groups is 1. The molecule has 30 heavy (non-hydrogen) atoms. The number of hydrogen-bond acceptors (Lipinski definition) is 7. The second-order valence-corrected chi connectivity index (χ2v) is 10.4. The quantitative estimate of drug-likeness (QED) is 0.462. The standard InChI is InChI=1S/C19H22N4O5S2/c20-30(28,15-8-21-17(29-15)19(27,9-24)10-25)23-18(26)22-16-13-5-1-3-11(13)7-12-4-2-6-14(12)16/h1,3,7-8,24-25,27H,2,4-6,9-10H2,(H3,20,22,23,26,28). The van der Waals surface area contributed by atoms with Crippen LogP contribution in [0.1, 0.15) is 33.7 Å². The second kappa shape index (κ2) is 7.84. The van der Waals surface area contributed by atoms with Crippen molar-refractivity contribution in [2.45, 2.75) is 35.5 Å². The van der Waals surface area contributed by atoms with Crippen molar-refractivity contribution in [3.05, 3.63) is 45.6 Å². The molecular weight excluding hydrogens is 428 g/mol. The normalized spacial score (nSPS) is 16.8. The SMILES string of the molecule is NS(=O)(=NC(=O)Nc1c2c(cc3c1CCC3)C=CC2)c1cnc(C(O)(CO)CO)s1. The number of nitrogens with two attached hydrogens (primary N) is 1. The maximum absolute atomic E-state index is 12.9. The molecule has 160 valence electrons. The van der Waals surface area contributed by atoms with Gasteiger partial charge in [-0.25, -0.2) is 19.1 Å². The largest absolute Gasteiger partial charge is 0.393 e. The zero-order valence-electron chi connectivity index (χ0n) is 16.0. The first kappa shape index (κ1) is 21.1. The molecule has 0 saturated heterocycles. The summed E-state index contributed by atoms with van der Waals surface area (Å²) in [5, 5.41) is 37.2. The second-order valence-electron chi connectivity index (χ2n) is 7.34. The van der Waals surface area contributed by atoms with Gasteiger partial charge in [0.25, 0.3) is 0 Å². The number of fused-ring (bicyclic) bond motifs is 2. The Labute approximate surface area is 177 Å². The number of amides is 2. The Morgan fingerprint density at radius 2 is 2.10 bits per heavy atom. The Balaban J connectivity index is 1.63. The molecule has 6 N–H and O–H groups in total. The Kier molecular flexibility index (Phi) is 5.51. The summed E-state index contributed by atoms with van der Waals surface area (Å²) >= 11 is 0.719. The van der Waals surface area contributed by atoms with E-state index in [2.05, 4.69) is 20.7 Å². The lowest BCUT2D eigenvalue weighted by molar-refractivity contribution is -0.0599. The molecule has 1 aromatic carbocycles. The van der Waals surface area contributed by atoms with Crippen LogP contribution in [0.3, 0.4) is 0 Å². The number of allylic oxidation sites excluding steroid dienone is 1. The summed E-state index contributed by atoms with van der Waals surface area (Å²) in [6.07, 6.45) is 8.70. The molecule has 1 aromatic heterocycles. The predicted octanol–water partition coefficient (Wildman–Crippen LogP) is 1.31. The van der Waals surface area contributed by atoms with E-state index < -0.39 is 34.8 Å². The van der Waals surface area contributed by atoms with Gasteiger partial charge in [0, 0.05) is 0 Å². The number of aromatic nitrogens is 1. The summed E-state index contributed by atoms with van der Waals surface area (Å²) in [5.74, 6) is 0. The van der Waals surface area contributed by atoms with Gasteiger partial charge < -0.3 is 20.6 Å². The molecular formula is C19H22N4O5S2. The molecule has 0 radical (unpaired) electrons. The van der Waals surface area contributed by atoms with E-state index in [1.807, 2.05) is 12.2 Å². The molecule has 9 nitrogen and oxygen atoms in total. The van der Waals surface area contributed by atoms with Crippen molar-refractivity contribution in [3.63, 3.8) is 0 Å². The lowest BCUT2D eigenvalue weighted by Gasteiger charge is -2.19. The lowest BCUT2D eigenvalue weighted by Crippen LogP contribution is -2.34. The predicted molar refractivity (Wildman–Crippen MR) is 113 cm³/mol. The summed E-state index contributed by atoms with van der Waals surface area (Å²) < 4.78 is 16.5. The first-order chi connectivity index (χ1) is 14.3. The van der Waals surface area contributed by atoms with Crippen molar-refractivity contribution in [2.24, 2.45) is 9.50 Å². The molecule has 2 aliphatic rings. The minimum atomic E-state index is -3.63. The van der Waals surface area contributed by atoms with Crippen LogP contribution < -0.4 is 10.5 Å². The number of carbonyl (C=O) groups excluding carboxylic acids is 1. The molecule has 1 unspecified atom stereocenters. The molecule has 2 amide bonds. The minimum absolute atomic E-state index is 0.0434. The highest BCUT2D eigenvalue weighted by Gasteiger charge is 2.32. The van der Waals surface area contributed by atoms with Crippen molar-refractivity contribution >= 4 is 39.0 Å². The fraction of sp³-hybridized carbons (Fsp3) is 0.368. The van der Waals surface area contributed by atoms with Crippen LogP contribution >= 0.6 is 11.3 Å². The van der Waals surface area contributed by atoms with Crippen LogP contribution in [0.15, 0.2) is 26.9 Å². The van der Waals surface area contributed by atoms with Crippen LogP contribution in [0.25, 0.3) is 6.08 Å². The van der Waals surface area contributed by atoms with Gasteiger partial charge in [-0.1, -0.05) is 18.2 Å². The third-order valence-corrected chi connectivity index (χ3v) is 8.38. The van der Waals surface area contributed by atoms with E-state index in [0.29, 0.717) is 12.1 Å². The monoisotopic (exact) mass is 450 g/mol. The maximum Gasteiger partial charge on any atom is 0.354 e. The fourth-order valence-electron chi connectivity index (χ4n) is 3.73. The molecule has 0 saturated carbocycles. The molecule has 11 heteroatoms. The number of rotatable bonds is 5. The number of aryl methyl sites for hydroxylation is 1. The highest BCUT2D eigenvalue weighted by atomic mass is 32.2. The number of nitrogens with zero attached hydrogens (tertiary/aromatic N) is 2. The summed E-state index contributed by atoms with van der Waals surface area (Å²) in [6.45, 7) is -1.56. The van der Waals surface area contributed by atoms with Crippen molar-refractivity contribution in [1.82, 2.24) is 4.98 Å². The average Bonchev–Trinajstić information content (AvgIpc) is 3.46. The first-order valence-corrected chi connectivity index (χ1v) is 11.8. The van der Waals surface area contributed by atoms with Gasteiger partial charge in [0.2, 0.25) is 0 Å². The molecule has 0 aliphatic heterocycles. The molecule has 0 bridgehead atoms. The van der Waals surface area contributed by atoms with Crippen LogP contribution in [-0.4, -0.2) is 43.8 Å². The van der Waals surface area contributed by atoms with Gasteiger partial charge in [-0.05, 0) is 47.9 Å². The van der Waals surface area contributed by atoms with E-state index in [-0.39, 0.29) is 9.22 Å². The van der Waals surface area contributed by atoms with E-state index in [9.17, 15) is 24.3 Å².